The molecule has 33 heavy (non-hydrogen) atoms. The van der Waals surface area contributed by atoms with Gasteiger partial charge in [-0.2, -0.15) is 18.4 Å². The standard InChI is InChI=1S/C21H15F3N6O2S/c1-3-33(31,32)17-6-13(14-5-4-12(8-25)9-26-14)10-28-19(17)20-29-15-7-18(21(22,23)24)27-11-16(15)30(20)2/h4-7,9-11H,3H2,1-2H3. The number of hydrogen-bond donors (Lipinski definition) is 0. The van der Waals surface area contributed by atoms with E-state index in [-0.39, 0.29) is 33.2 Å². The molecule has 4 rings (SSSR count). The minimum Gasteiger partial charge on any atom is -0.324 e. The molecule has 8 nitrogen and oxygen atoms in total. The fourth-order valence-corrected chi connectivity index (χ4v) is 4.29. The van der Waals surface area contributed by atoms with Crippen molar-refractivity contribution in [3.63, 3.8) is 0 Å². The highest BCUT2D eigenvalue weighted by molar-refractivity contribution is 7.91. The van der Waals surface area contributed by atoms with Gasteiger partial charge in [-0.3, -0.25) is 9.97 Å². The Morgan fingerprint density at radius 1 is 1.09 bits per heavy atom. The van der Waals surface area contributed by atoms with E-state index < -0.39 is 21.7 Å². The molecule has 4 aromatic rings. The average Bonchev–Trinajstić information content (AvgIpc) is 3.14. The Balaban J connectivity index is 1.92. The molecule has 4 aromatic heterocycles. The highest BCUT2D eigenvalue weighted by Crippen LogP contribution is 2.33. The van der Waals surface area contributed by atoms with E-state index >= 15 is 0 Å². The van der Waals surface area contributed by atoms with Crippen LogP contribution in [0.15, 0.2) is 47.8 Å². The molecule has 0 aliphatic rings. The number of rotatable bonds is 4. The van der Waals surface area contributed by atoms with Gasteiger partial charge in [-0.15, -0.1) is 0 Å². The number of halogens is 3. The number of aromatic nitrogens is 5. The molecule has 4 heterocycles. The van der Waals surface area contributed by atoms with E-state index in [0.29, 0.717) is 16.8 Å². The summed E-state index contributed by atoms with van der Waals surface area (Å²) in [5, 5.41) is 8.93. The predicted molar refractivity (Wildman–Crippen MR) is 112 cm³/mol. The van der Waals surface area contributed by atoms with E-state index in [1.54, 1.807) is 19.2 Å². The minimum atomic E-state index is -4.64. The maximum Gasteiger partial charge on any atom is 0.433 e. The lowest BCUT2D eigenvalue weighted by molar-refractivity contribution is -0.141. The van der Waals surface area contributed by atoms with Gasteiger partial charge in [-0.05, 0) is 24.3 Å². The molecule has 0 aromatic carbocycles. The van der Waals surface area contributed by atoms with Crippen molar-refractivity contribution in [2.45, 2.75) is 18.0 Å². The number of aryl methyl sites for hydroxylation is 1. The zero-order valence-corrected chi connectivity index (χ0v) is 18.1. The maximum absolute atomic E-state index is 13.1. The van der Waals surface area contributed by atoms with Crippen LogP contribution in [0.2, 0.25) is 0 Å². The second-order valence-corrected chi connectivity index (χ2v) is 9.32. The van der Waals surface area contributed by atoms with Crippen LogP contribution in [-0.2, 0) is 23.1 Å². The largest absolute Gasteiger partial charge is 0.433 e. The summed E-state index contributed by atoms with van der Waals surface area (Å²) in [5.41, 5.74) is 0.348. The normalized spacial score (nSPS) is 12.1. The Hall–Kier alpha value is -3.85. The van der Waals surface area contributed by atoms with Crippen molar-refractivity contribution in [1.82, 2.24) is 24.5 Å². The maximum atomic E-state index is 13.1. The quantitative estimate of drug-likeness (QED) is 0.444. The molecule has 168 valence electrons. The summed E-state index contributed by atoms with van der Waals surface area (Å²) in [6.07, 6.45) is -0.848. The fraction of sp³-hybridized carbons (Fsp3) is 0.190. The van der Waals surface area contributed by atoms with Crippen LogP contribution in [0.4, 0.5) is 13.2 Å². The summed E-state index contributed by atoms with van der Waals surface area (Å²) in [5.74, 6) is -0.146. The predicted octanol–water partition coefficient (Wildman–Crippen LogP) is 3.78. The van der Waals surface area contributed by atoms with Gasteiger partial charge < -0.3 is 4.57 Å². The van der Waals surface area contributed by atoms with E-state index in [4.69, 9.17) is 5.26 Å². The van der Waals surface area contributed by atoms with Gasteiger partial charge in [0.05, 0.1) is 39.1 Å². The second-order valence-electron chi connectivity index (χ2n) is 7.07. The van der Waals surface area contributed by atoms with Crippen LogP contribution in [0.25, 0.3) is 33.8 Å². The number of hydrogen-bond acceptors (Lipinski definition) is 7. The van der Waals surface area contributed by atoms with Crippen LogP contribution in [-0.4, -0.2) is 38.7 Å². The first kappa shape index (κ1) is 22.3. The van der Waals surface area contributed by atoms with Crippen molar-refractivity contribution in [1.29, 1.82) is 5.26 Å². The van der Waals surface area contributed by atoms with Gasteiger partial charge >= 0.3 is 6.18 Å². The Morgan fingerprint density at radius 2 is 1.85 bits per heavy atom. The lowest BCUT2D eigenvalue weighted by Crippen LogP contribution is -2.09. The van der Waals surface area contributed by atoms with Crippen LogP contribution in [0.5, 0.6) is 0 Å². The van der Waals surface area contributed by atoms with Crippen molar-refractivity contribution in [3.05, 3.63) is 54.1 Å². The van der Waals surface area contributed by atoms with E-state index in [1.165, 1.54) is 30.0 Å². The highest BCUT2D eigenvalue weighted by Gasteiger charge is 2.33. The fourth-order valence-electron chi connectivity index (χ4n) is 3.23. The SMILES string of the molecule is CCS(=O)(=O)c1cc(-c2ccc(C#N)cn2)cnc1-c1nc2cc(C(F)(F)F)ncc2n1C. The third-order valence-electron chi connectivity index (χ3n) is 5.03. The molecule has 0 amide bonds. The Labute approximate surface area is 186 Å². The summed E-state index contributed by atoms with van der Waals surface area (Å²) in [4.78, 5) is 16.0. The van der Waals surface area contributed by atoms with Crippen LogP contribution in [0, 0.1) is 11.3 Å². The number of nitriles is 1. The summed E-state index contributed by atoms with van der Waals surface area (Å²) in [7, 11) is -2.26. The molecule has 0 N–H and O–H groups in total. The molecule has 0 bridgehead atoms. The number of nitrogens with zero attached hydrogens (tertiary/aromatic N) is 6. The van der Waals surface area contributed by atoms with Gasteiger partial charge in [-0.25, -0.2) is 18.4 Å². The van der Waals surface area contributed by atoms with Crippen molar-refractivity contribution >= 4 is 20.9 Å². The van der Waals surface area contributed by atoms with Crippen LogP contribution >= 0.6 is 0 Å². The van der Waals surface area contributed by atoms with Gasteiger partial charge in [0.15, 0.2) is 15.7 Å². The zero-order valence-electron chi connectivity index (χ0n) is 17.3. The molecule has 0 aliphatic carbocycles. The van der Waals surface area contributed by atoms with Crippen molar-refractivity contribution in [3.8, 4) is 28.8 Å². The summed E-state index contributed by atoms with van der Waals surface area (Å²) in [6.45, 7) is 1.47. The molecule has 0 aliphatic heterocycles. The van der Waals surface area contributed by atoms with Gasteiger partial charge in [0, 0.05) is 25.0 Å². The lowest BCUT2D eigenvalue weighted by Gasteiger charge is -2.11. The number of fused-ring (bicyclic) bond motifs is 1. The summed E-state index contributed by atoms with van der Waals surface area (Å²) < 4.78 is 66.4. The molecule has 0 spiro atoms. The Morgan fingerprint density at radius 3 is 2.45 bits per heavy atom. The van der Waals surface area contributed by atoms with Gasteiger partial charge in [0.1, 0.15) is 17.5 Å². The van der Waals surface area contributed by atoms with E-state index in [0.717, 1.165) is 12.3 Å². The first-order valence-corrected chi connectivity index (χ1v) is 11.2. The molecule has 0 unspecified atom stereocenters. The number of imidazole rings is 1. The van der Waals surface area contributed by atoms with Crippen LogP contribution in [0.3, 0.4) is 0 Å². The van der Waals surface area contributed by atoms with Crippen LogP contribution < -0.4 is 0 Å². The molecule has 0 atom stereocenters. The molecule has 0 saturated carbocycles. The Bertz CT molecular complexity index is 1520. The summed E-state index contributed by atoms with van der Waals surface area (Å²) in [6, 6.07) is 7.27. The number of sulfone groups is 1. The first-order valence-electron chi connectivity index (χ1n) is 9.54. The monoisotopic (exact) mass is 472 g/mol. The molecule has 12 heteroatoms. The third-order valence-corrected chi connectivity index (χ3v) is 6.77. The molecule has 0 radical (unpaired) electrons. The van der Waals surface area contributed by atoms with Gasteiger partial charge in [0.2, 0.25) is 0 Å². The van der Waals surface area contributed by atoms with Crippen LogP contribution in [0.1, 0.15) is 18.2 Å². The highest BCUT2D eigenvalue weighted by atomic mass is 32.2. The minimum absolute atomic E-state index is 0.00139. The Kier molecular flexibility index (Phi) is 5.37. The first-order chi connectivity index (χ1) is 15.5. The van der Waals surface area contributed by atoms with E-state index in [9.17, 15) is 21.6 Å². The average molecular weight is 472 g/mol. The van der Waals surface area contributed by atoms with Crippen molar-refractivity contribution < 1.29 is 21.6 Å². The van der Waals surface area contributed by atoms with E-state index in [1.807, 2.05) is 6.07 Å². The van der Waals surface area contributed by atoms with E-state index in [2.05, 4.69) is 19.9 Å². The lowest BCUT2D eigenvalue weighted by atomic mass is 10.1. The molecule has 0 saturated heterocycles. The van der Waals surface area contributed by atoms with Gasteiger partial charge in [-0.1, -0.05) is 6.92 Å². The molecular weight excluding hydrogens is 457 g/mol. The number of pyridine rings is 3. The zero-order chi connectivity index (χ0) is 24.0. The number of alkyl halides is 3. The van der Waals surface area contributed by atoms with Gasteiger partial charge in [0.25, 0.3) is 0 Å². The third kappa shape index (κ3) is 4.03. The topological polar surface area (TPSA) is 114 Å². The molecule has 0 fully saturated rings. The van der Waals surface area contributed by atoms with Crippen molar-refractivity contribution in [2.75, 3.05) is 5.75 Å². The molecular formula is C21H15F3N6O2S. The summed E-state index contributed by atoms with van der Waals surface area (Å²) >= 11 is 0. The smallest absolute Gasteiger partial charge is 0.324 e. The van der Waals surface area contributed by atoms with Crippen molar-refractivity contribution in [2.24, 2.45) is 7.05 Å². The second kappa shape index (κ2) is 7.93.